The Balaban J connectivity index is 0.981. The maximum atomic E-state index is 2.62. The molecule has 0 saturated heterocycles. The smallest absolute Gasteiger partial charge is 0.0540 e. The van der Waals surface area contributed by atoms with Gasteiger partial charge in [0.1, 0.15) is 0 Å². The van der Waals surface area contributed by atoms with Crippen LogP contribution in [0.3, 0.4) is 0 Å². The van der Waals surface area contributed by atoms with Gasteiger partial charge in [-0.3, -0.25) is 0 Å². The second-order valence-corrected chi connectivity index (χ2v) is 17.8. The zero-order valence-corrected chi connectivity index (χ0v) is 31.2. The van der Waals surface area contributed by atoms with E-state index in [2.05, 4.69) is 170 Å². The van der Waals surface area contributed by atoms with Gasteiger partial charge in [-0.2, -0.15) is 0 Å². The van der Waals surface area contributed by atoms with Gasteiger partial charge < -0.3 is 4.90 Å². The summed E-state index contributed by atoms with van der Waals surface area (Å²) in [6.45, 7) is 4.75. The normalized spacial score (nSPS) is 24.7. The second-order valence-electron chi connectivity index (χ2n) is 17.8. The molecule has 262 valence electrons. The van der Waals surface area contributed by atoms with Crippen LogP contribution in [0.2, 0.25) is 0 Å². The average molecular weight is 696 g/mol. The van der Waals surface area contributed by atoms with Crippen molar-refractivity contribution in [2.24, 2.45) is 23.7 Å². The van der Waals surface area contributed by atoms with Crippen molar-refractivity contribution in [3.63, 3.8) is 0 Å². The average Bonchev–Trinajstić information content (AvgIpc) is 3.62. The maximum absolute atomic E-state index is 2.62. The van der Waals surface area contributed by atoms with Crippen LogP contribution in [0.4, 0.5) is 17.1 Å². The molecule has 0 heterocycles. The molecule has 4 bridgehead atoms. The maximum Gasteiger partial charge on any atom is 0.0540 e. The predicted molar refractivity (Wildman–Crippen MR) is 225 cm³/mol. The fourth-order valence-electron chi connectivity index (χ4n) is 12.8. The van der Waals surface area contributed by atoms with Gasteiger partial charge in [-0.25, -0.2) is 0 Å². The summed E-state index contributed by atoms with van der Waals surface area (Å²) in [6, 6.07) is 58.0. The summed E-state index contributed by atoms with van der Waals surface area (Å²) in [4.78, 5) is 2.48. The lowest BCUT2D eigenvalue weighted by Crippen LogP contribution is -2.55. The first-order valence-electron chi connectivity index (χ1n) is 20.4. The molecule has 6 aliphatic rings. The van der Waals surface area contributed by atoms with Crippen LogP contribution >= 0.6 is 0 Å². The highest BCUT2D eigenvalue weighted by molar-refractivity contribution is 5.99. The second kappa shape index (κ2) is 11.1. The third-order valence-electron chi connectivity index (χ3n) is 14.8. The SMILES string of the molecule is CC1(C)c2ccccc2-c2ccc(N(c3ccc(-c4ccc5c(c4)C4(c6ccccc6-5)C5CC6CC(C5)CC4C6)cc3)c3cccc4ccccc34)cc21. The van der Waals surface area contributed by atoms with E-state index in [0.29, 0.717) is 0 Å². The molecule has 54 heavy (non-hydrogen) atoms. The summed E-state index contributed by atoms with van der Waals surface area (Å²) in [5.41, 5.74) is 18.1. The Labute approximate surface area is 319 Å². The summed E-state index contributed by atoms with van der Waals surface area (Å²) < 4.78 is 0. The molecule has 0 aliphatic heterocycles. The van der Waals surface area contributed by atoms with E-state index in [1.807, 2.05) is 0 Å². The molecule has 7 aromatic rings. The van der Waals surface area contributed by atoms with Gasteiger partial charge in [0.05, 0.1) is 5.69 Å². The highest BCUT2D eigenvalue weighted by Crippen LogP contribution is 2.69. The lowest BCUT2D eigenvalue weighted by Gasteiger charge is -2.61. The van der Waals surface area contributed by atoms with Gasteiger partial charge in [0.25, 0.3) is 0 Å². The van der Waals surface area contributed by atoms with Crippen molar-refractivity contribution in [1.29, 1.82) is 0 Å². The van der Waals surface area contributed by atoms with Crippen LogP contribution in [0.25, 0.3) is 44.2 Å². The van der Waals surface area contributed by atoms with Crippen LogP contribution in [-0.4, -0.2) is 0 Å². The summed E-state index contributed by atoms with van der Waals surface area (Å²) in [7, 11) is 0. The molecule has 0 unspecified atom stereocenters. The van der Waals surface area contributed by atoms with E-state index in [1.165, 1.54) is 104 Å². The fraction of sp³-hybridized carbons (Fsp3) is 0.245. The molecule has 0 amide bonds. The number of hydrogen-bond acceptors (Lipinski definition) is 1. The molecule has 1 spiro atoms. The van der Waals surface area contributed by atoms with Crippen LogP contribution < -0.4 is 4.90 Å². The monoisotopic (exact) mass is 695 g/mol. The lowest BCUT2D eigenvalue weighted by molar-refractivity contribution is -0.0399. The molecule has 0 N–H and O–H groups in total. The van der Waals surface area contributed by atoms with Crippen molar-refractivity contribution in [3.8, 4) is 33.4 Å². The van der Waals surface area contributed by atoms with E-state index in [-0.39, 0.29) is 10.8 Å². The van der Waals surface area contributed by atoms with Crippen molar-refractivity contribution in [1.82, 2.24) is 0 Å². The number of nitrogens with zero attached hydrogens (tertiary/aromatic N) is 1. The third-order valence-corrected chi connectivity index (χ3v) is 14.8. The molecule has 4 saturated carbocycles. The van der Waals surface area contributed by atoms with Crippen LogP contribution in [0.1, 0.15) is 68.2 Å². The Hall–Kier alpha value is -5.40. The van der Waals surface area contributed by atoms with Crippen molar-refractivity contribution < 1.29 is 0 Å². The van der Waals surface area contributed by atoms with E-state index in [0.717, 1.165) is 23.7 Å². The minimum absolute atomic E-state index is 0.0714. The molecule has 13 rings (SSSR count). The molecule has 0 atom stereocenters. The number of fused-ring (bicyclic) bond motifs is 7. The van der Waals surface area contributed by atoms with Crippen molar-refractivity contribution in [2.45, 2.75) is 56.8 Å². The minimum Gasteiger partial charge on any atom is -0.310 e. The van der Waals surface area contributed by atoms with Gasteiger partial charge in [0.15, 0.2) is 0 Å². The molecule has 4 fully saturated rings. The highest BCUT2D eigenvalue weighted by Gasteiger charge is 2.61. The van der Waals surface area contributed by atoms with E-state index in [1.54, 1.807) is 11.1 Å². The molecule has 1 heteroatoms. The van der Waals surface area contributed by atoms with Crippen LogP contribution in [0.15, 0.2) is 152 Å². The lowest BCUT2D eigenvalue weighted by atomic mass is 9.43. The van der Waals surface area contributed by atoms with E-state index in [9.17, 15) is 0 Å². The van der Waals surface area contributed by atoms with E-state index >= 15 is 0 Å². The Kier molecular flexibility index (Phi) is 6.36. The minimum atomic E-state index is -0.0714. The Morgan fingerprint density at radius 1 is 0.444 bits per heavy atom. The zero-order valence-electron chi connectivity index (χ0n) is 31.2. The molecule has 6 aliphatic carbocycles. The number of anilines is 3. The first-order chi connectivity index (χ1) is 26.5. The first kappa shape index (κ1) is 31.0. The van der Waals surface area contributed by atoms with Crippen molar-refractivity contribution in [3.05, 3.63) is 174 Å². The Morgan fingerprint density at radius 2 is 1.02 bits per heavy atom. The van der Waals surface area contributed by atoms with Gasteiger partial charge in [-0.05, 0) is 153 Å². The van der Waals surface area contributed by atoms with Crippen molar-refractivity contribution in [2.75, 3.05) is 4.90 Å². The third kappa shape index (κ3) is 4.11. The standard InChI is InChI=1S/C53H45N/c1-52(2)47-15-7-5-13-43(47)45-25-23-41(32-49(45)52)54(51-17-9-11-36-10-3-4-12-42(36)51)40-21-18-35(19-22-40)37-20-24-46-44-14-6-8-16-48(44)53(50(46)31-37)38-27-33-26-34(29-38)30-39(53)28-33/h3-25,31-34,38-39H,26-30H2,1-2H3. The fourth-order valence-corrected chi connectivity index (χ4v) is 12.8. The number of rotatable bonds is 4. The predicted octanol–water partition coefficient (Wildman–Crippen LogP) is 14.0. The van der Waals surface area contributed by atoms with Crippen LogP contribution in [0.5, 0.6) is 0 Å². The summed E-state index contributed by atoms with van der Waals surface area (Å²) >= 11 is 0. The highest BCUT2D eigenvalue weighted by atomic mass is 15.1. The summed E-state index contributed by atoms with van der Waals surface area (Å²) in [6.07, 6.45) is 7.13. The van der Waals surface area contributed by atoms with E-state index < -0.39 is 0 Å². The Bertz CT molecular complexity index is 2630. The van der Waals surface area contributed by atoms with Gasteiger partial charge >= 0.3 is 0 Å². The summed E-state index contributed by atoms with van der Waals surface area (Å²) in [5, 5.41) is 2.51. The molecular weight excluding hydrogens is 651 g/mol. The molecule has 0 radical (unpaired) electrons. The molecular formula is C53H45N. The molecule has 0 aromatic heterocycles. The number of benzene rings is 7. The van der Waals surface area contributed by atoms with E-state index in [4.69, 9.17) is 0 Å². The largest absolute Gasteiger partial charge is 0.310 e. The van der Waals surface area contributed by atoms with Gasteiger partial charge in [-0.15, -0.1) is 0 Å². The van der Waals surface area contributed by atoms with Crippen LogP contribution in [0, 0.1) is 23.7 Å². The van der Waals surface area contributed by atoms with Crippen molar-refractivity contribution >= 4 is 27.8 Å². The topological polar surface area (TPSA) is 3.24 Å². The van der Waals surface area contributed by atoms with Gasteiger partial charge in [0, 0.05) is 27.6 Å². The Morgan fingerprint density at radius 3 is 1.80 bits per heavy atom. The summed E-state index contributed by atoms with van der Waals surface area (Å²) in [5.74, 6) is 3.44. The first-order valence-corrected chi connectivity index (χ1v) is 20.4. The van der Waals surface area contributed by atoms with Crippen LogP contribution in [-0.2, 0) is 10.8 Å². The van der Waals surface area contributed by atoms with Gasteiger partial charge in [0.2, 0.25) is 0 Å². The molecule has 7 aromatic carbocycles. The quantitative estimate of drug-likeness (QED) is 0.177. The number of hydrogen-bond donors (Lipinski definition) is 0. The molecule has 1 nitrogen and oxygen atoms in total. The zero-order chi connectivity index (χ0) is 35.8. The van der Waals surface area contributed by atoms with Gasteiger partial charge in [-0.1, -0.05) is 129 Å².